The number of hydrogen-bond donors (Lipinski definition) is 2. The lowest BCUT2D eigenvalue weighted by Gasteiger charge is -2.39. The van der Waals surface area contributed by atoms with Crippen LogP contribution in [-0.4, -0.2) is 55.7 Å². The molecule has 18 heavy (non-hydrogen) atoms. The standard InChI is InChI=1S/C12H23N3O2.ClH/c1-9-5-15(6-10(17-9)11(13)16)8-12(2)3-4-14-7-12;/h9-10,14H,3-8H2,1-2H3,(H2,13,16);1H/t9-,10?,12?;/m1./s1. The van der Waals surface area contributed by atoms with Gasteiger partial charge in [-0.3, -0.25) is 9.69 Å². The number of carbonyl (C=O) groups is 1. The van der Waals surface area contributed by atoms with E-state index in [-0.39, 0.29) is 24.4 Å². The molecule has 1 amide bonds. The van der Waals surface area contributed by atoms with Crippen molar-refractivity contribution < 1.29 is 9.53 Å². The van der Waals surface area contributed by atoms with Crippen LogP contribution in [0.5, 0.6) is 0 Å². The third-order valence-corrected chi connectivity index (χ3v) is 3.72. The molecular formula is C12H24ClN3O2. The number of morpholine rings is 1. The summed E-state index contributed by atoms with van der Waals surface area (Å²) >= 11 is 0. The second kappa shape index (κ2) is 6.19. The van der Waals surface area contributed by atoms with Crippen LogP contribution in [0.1, 0.15) is 20.3 Å². The predicted octanol–water partition coefficient (Wildman–Crippen LogP) is -0.0176. The molecule has 2 heterocycles. The quantitative estimate of drug-likeness (QED) is 0.761. The summed E-state index contributed by atoms with van der Waals surface area (Å²) in [7, 11) is 0. The van der Waals surface area contributed by atoms with Crippen LogP contribution in [0, 0.1) is 5.41 Å². The minimum atomic E-state index is -0.447. The van der Waals surface area contributed by atoms with E-state index in [2.05, 4.69) is 17.1 Å². The number of nitrogens with two attached hydrogens (primary N) is 1. The molecule has 0 bridgehead atoms. The minimum absolute atomic E-state index is 0. The highest BCUT2D eigenvalue weighted by molar-refractivity contribution is 5.85. The van der Waals surface area contributed by atoms with Gasteiger partial charge in [0.25, 0.3) is 0 Å². The molecule has 2 saturated heterocycles. The fourth-order valence-electron chi connectivity index (χ4n) is 2.87. The molecule has 2 aliphatic heterocycles. The number of amides is 1. The van der Waals surface area contributed by atoms with Gasteiger partial charge in [0.05, 0.1) is 6.10 Å². The van der Waals surface area contributed by atoms with Gasteiger partial charge in [-0.15, -0.1) is 12.4 Å². The molecule has 2 aliphatic rings. The summed E-state index contributed by atoms with van der Waals surface area (Å²) in [5.74, 6) is -0.351. The van der Waals surface area contributed by atoms with E-state index in [0.29, 0.717) is 12.0 Å². The highest BCUT2D eigenvalue weighted by atomic mass is 35.5. The molecule has 0 radical (unpaired) electrons. The van der Waals surface area contributed by atoms with E-state index in [1.165, 1.54) is 6.42 Å². The Kier molecular flexibility index (Phi) is 5.40. The van der Waals surface area contributed by atoms with Gasteiger partial charge in [0, 0.05) is 26.2 Å². The van der Waals surface area contributed by atoms with E-state index in [0.717, 1.165) is 26.2 Å². The third kappa shape index (κ3) is 3.82. The van der Waals surface area contributed by atoms with Crippen LogP contribution < -0.4 is 11.1 Å². The lowest BCUT2D eigenvalue weighted by Crippen LogP contribution is -2.54. The van der Waals surface area contributed by atoms with Crippen LogP contribution in [0.4, 0.5) is 0 Å². The summed E-state index contributed by atoms with van der Waals surface area (Å²) in [6, 6.07) is 0. The maximum atomic E-state index is 11.2. The fourth-order valence-corrected chi connectivity index (χ4v) is 2.87. The van der Waals surface area contributed by atoms with E-state index in [4.69, 9.17) is 10.5 Å². The minimum Gasteiger partial charge on any atom is -0.367 e. The zero-order valence-corrected chi connectivity index (χ0v) is 12.0. The first kappa shape index (κ1) is 15.7. The van der Waals surface area contributed by atoms with Crippen molar-refractivity contribution in [2.24, 2.45) is 11.1 Å². The number of carbonyl (C=O) groups excluding carboxylic acids is 1. The summed E-state index contributed by atoms with van der Waals surface area (Å²) < 4.78 is 5.54. The van der Waals surface area contributed by atoms with E-state index in [1.54, 1.807) is 0 Å². The molecule has 6 heteroatoms. The Bertz CT molecular complexity index is 295. The van der Waals surface area contributed by atoms with Crippen molar-refractivity contribution in [2.75, 3.05) is 32.7 Å². The summed E-state index contributed by atoms with van der Waals surface area (Å²) in [5, 5.41) is 3.40. The lowest BCUT2D eigenvalue weighted by atomic mass is 9.89. The van der Waals surface area contributed by atoms with Crippen molar-refractivity contribution in [1.82, 2.24) is 10.2 Å². The van der Waals surface area contributed by atoms with Crippen LogP contribution in [0.3, 0.4) is 0 Å². The van der Waals surface area contributed by atoms with Gasteiger partial charge in [0.2, 0.25) is 5.91 Å². The molecule has 0 aromatic heterocycles. The number of ether oxygens (including phenoxy) is 1. The van der Waals surface area contributed by atoms with Gasteiger partial charge in [-0.2, -0.15) is 0 Å². The second-order valence-corrected chi connectivity index (χ2v) is 5.77. The second-order valence-electron chi connectivity index (χ2n) is 5.77. The van der Waals surface area contributed by atoms with Gasteiger partial charge in [-0.25, -0.2) is 0 Å². The van der Waals surface area contributed by atoms with Crippen molar-refractivity contribution in [3.63, 3.8) is 0 Å². The van der Waals surface area contributed by atoms with Gasteiger partial charge < -0.3 is 15.8 Å². The average Bonchev–Trinajstić information content (AvgIpc) is 2.63. The number of nitrogens with zero attached hydrogens (tertiary/aromatic N) is 1. The highest BCUT2D eigenvalue weighted by Crippen LogP contribution is 2.27. The molecule has 0 saturated carbocycles. The highest BCUT2D eigenvalue weighted by Gasteiger charge is 2.35. The topological polar surface area (TPSA) is 67.6 Å². The van der Waals surface area contributed by atoms with E-state index < -0.39 is 6.10 Å². The van der Waals surface area contributed by atoms with Gasteiger partial charge in [-0.05, 0) is 25.3 Å². The van der Waals surface area contributed by atoms with Crippen LogP contribution >= 0.6 is 12.4 Å². The Hall–Kier alpha value is -0.360. The fraction of sp³-hybridized carbons (Fsp3) is 0.917. The maximum absolute atomic E-state index is 11.2. The SMILES string of the molecule is C[C@@H]1CN(CC2(C)CCNC2)CC(C(N)=O)O1.Cl. The van der Waals surface area contributed by atoms with Crippen LogP contribution in [0.2, 0.25) is 0 Å². The Morgan fingerprint density at radius 2 is 2.28 bits per heavy atom. The van der Waals surface area contributed by atoms with Crippen LogP contribution in [0.15, 0.2) is 0 Å². The molecule has 0 aliphatic carbocycles. The first-order chi connectivity index (χ1) is 7.98. The van der Waals surface area contributed by atoms with Crippen molar-refractivity contribution in [1.29, 1.82) is 0 Å². The zero-order chi connectivity index (χ0) is 12.5. The van der Waals surface area contributed by atoms with Gasteiger partial charge in [0.1, 0.15) is 6.10 Å². The van der Waals surface area contributed by atoms with E-state index in [9.17, 15) is 4.79 Å². The zero-order valence-electron chi connectivity index (χ0n) is 11.1. The Morgan fingerprint density at radius 1 is 1.56 bits per heavy atom. The average molecular weight is 278 g/mol. The lowest BCUT2D eigenvalue weighted by molar-refractivity contribution is -0.143. The van der Waals surface area contributed by atoms with Crippen molar-refractivity contribution in [3.8, 4) is 0 Å². The molecule has 106 valence electrons. The number of nitrogens with one attached hydrogen (secondary N) is 1. The number of rotatable bonds is 3. The molecule has 3 N–H and O–H groups in total. The Morgan fingerprint density at radius 3 is 2.83 bits per heavy atom. The van der Waals surface area contributed by atoms with Crippen LogP contribution in [0.25, 0.3) is 0 Å². The van der Waals surface area contributed by atoms with Gasteiger partial charge in [0.15, 0.2) is 0 Å². The van der Waals surface area contributed by atoms with Crippen molar-refractivity contribution >= 4 is 18.3 Å². The monoisotopic (exact) mass is 277 g/mol. The first-order valence-corrected chi connectivity index (χ1v) is 6.36. The Labute approximate surface area is 115 Å². The summed E-state index contributed by atoms with van der Waals surface area (Å²) in [6.45, 7) is 8.98. The molecule has 5 nitrogen and oxygen atoms in total. The smallest absolute Gasteiger partial charge is 0.247 e. The molecule has 0 aromatic rings. The Balaban J connectivity index is 0.00000162. The predicted molar refractivity (Wildman–Crippen MR) is 72.8 cm³/mol. The molecule has 2 unspecified atom stereocenters. The molecule has 0 aromatic carbocycles. The first-order valence-electron chi connectivity index (χ1n) is 6.36. The largest absolute Gasteiger partial charge is 0.367 e. The maximum Gasteiger partial charge on any atom is 0.247 e. The molecule has 0 spiro atoms. The molecule has 2 fully saturated rings. The summed E-state index contributed by atoms with van der Waals surface area (Å²) in [5.41, 5.74) is 5.65. The number of hydrogen-bond acceptors (Lipinski definition) is 4. The normalized spacial score (nSPS) is 37.2. The third-order valence-electron chi connectivity index (χ3n) is 3.72. The van der Waals surface area contributed by atoms with Crippen molar-refractivity contribution in [3.05, 3.63) is 0 Å². The van der Waals surface area contributed by atoms with Crippen LogP contribution in [-0.2, 0) is 9.53 Å². The molecular weight excluding hydrogens is 254 g/mol. The van der Waals surface area contributed by atoms with Gasteiger partial charge in [-0.1, -0.05) is 6.92 Å². The molecule has 3 atom stereocenters. The number of primary amides is 1. The summed E-state index contributed by atoms with van der Waals surface area (Å²) in [6.07, 6.45) is 0.830. The molecule has 2 rings (SSSR count). The summed E-state index contributed by atoms with van der Waals surface area (Å²) in [4.78, 5) is 13.5. The number of halogens is 1. The van der Waals surface area contributed by atoms with Gasteiger partial charge >= 0.3 is 0 Å². The van der Waals surface area contributed by atoms with E-state index in [1.807, 2.05) is 6.92 Å². The van der Waals surface area contributed by atoms with Crippen molar-refractivity contribution in [2.45, 2.75) is 32.5 Å². The van der Waals surface area contributed by atoms with E-state index >= 15 is 0 Å².